The van der Waals surface area contributed by atoms with Gasteiger partial charge < -0.3 is 0 Å². The lowest BCUT2D eigenvalue weighted by Crippen LogP contribution is -2.13. The fraction of sp³-hybridized carbons (Fsp3) is 0.833. The summed E-state index contributed by atoms with van der Waals surface area (Å²) in [4.78, 5) is 0. The topological polar surface area (TPSA) is 0 Å². The van der Waals surface area contributed by atoms with Crippen molar-refractivity contribution in [2.75, 3.05) is 0 Å². The third kappa shape index (κ3) is 0.627. The van der Waals surface area contributed by atoms with Crippen molar-refractivity contribution < 1.29 is 8.78 Å². The molecule has 0 aromatic carbocycles. The number of alkyl halides is 2. The van der Waals surface area contributed by atoms with E-state index in [9.17, 15) is 8.78 Å². The summed E-state index contributed by atoms with van der Waals surface area (Å²) in [6, 6.07) is 0. The van der Waals surface area contributed by atoms with Gasteiger partial charge in [0, 0.05) is 6.42 Å². The summed E-state index contributed by atoms with van der Waals surface area (Å²) in [5.41, 5.74) is -1.57. The van der Waals surface area contributed by atoms with Crippen LogP contribution in [0.15, 0.2) is 0 Å². The van der Waals surface area contributed by atoms with Crippen LogP contribution in [0.5, 0.6) is 0 Å². The summed E-state index contributed by atoms with van der Waals surface area (Å²) in [6.45, 7) is 5.00. The van der Waals surface area contributed by atoms with Crippen LogP contribution >= 0.6 is 0 Å². The van der Waals surface area contributed by atoms with Crippen molar-refractivity contribution in [1.29, 1.82) is 0 Å². The van der Waals surface area contributed by atoms with E-state index in [1.807, 2.05) is 0 Å². The van der Waals surface area contributed by atoms with E-state index in [-0.39, 0.29) is 6.42 Å². The lowest BCUT2D eigenvalue weighted by atomic mass is 10.1. The molecule has 0 bridgehead atoms. The fourth-order valence-corrected chi connectivity index (χ4v) is 0.726. The van der Waals surface area contributed by atoms with Gasteiger partial charge in [-0.15, -0.1) is 0 Å². The minimum absolute atomic E-state index is 0.0532. The van der Waals surface area contributed by atoms with Gasteiger partial charge >= 0.3 is 0 Å². The Hall–Kier alpha value is -0.140. The molecule has 0 saturated heterocycles. The first kappa shape index (κ1) is 5.99. The molecule has 0 amide bonds. The van der Waals surface area contributed by atoms with Crippen LogP contribution in [-0.4, -0.2) is 11.8 Å². The van der Waals surface area contributed by atoms with E-state index in [0.29, 0.717) is 0 Å². The second-order valence-corrected chi connectivity index (χ2v) is 2.50. The Morgan fingerprint density at radius 2 is 2.25 bits per heavy atom. The van der Waals surface area contributed by atoms with E-state index in [1.165, 1.54) is 0 Å². The zero-order valence-electron chi connectivity index (χ0n) is 4.82. The SMILES string of the molecule is [CH2]C(C)C1(F)CC1F. The minimum atomic E-state index is -1.57. The van der Waals surface area contributed by atoms with Crippen LogP contribution in [0.2, 0.25) is 0 Å². The molecule has 0 heterocycles. The van der Waals surface area contributed by atoms with E-state index in [2.05, 4.69) is 6.92 Å². The quantitative estimate of drug-likeness (QED) is 0.494. The van der Waals surface area contributed by atoms with Gasteiger partial charge in [0.15, 0.2) is 0 Å². The number of rotatable bonds is 1. The zero-order chi connectivity index (χ0) is 6.36. The predicted molar refractivity (Wildman–Crippen MR) is 27.9 cm³/mol. The Morgan fingerprint density at radius 1 is 1.88 bits per heavy atom. The summed E-state index contributed by atoms with van der Waals surface area (Å²) in [7, 11) is 0. The molecule has 0 aromatic rings. The van der Waals surface area contributed by atoms with Crippen molar-refractivity contribution in [3.05, 3.63) is 6.92 Å². The first-order valence-corrected chi connectivity index (χ1v) is 2.73. The van der Waals surface area contributed by atoms with Crippen LogP contribution in [0, 0.1) is 12.8 Å². The molecular formula is C6H9F2. The third-order valence-electron chi connectivity index (χ3n) is 1.67. The summed E-state index contributed by atoms with van der Waals surface area (Å²) in [6.07, 6.45) is -1.19. The molecule has 1 radical (unpaired) electrons. The largest absolute Gasteiger partial charge is 0.244 e. The van der Waals surface area contributed by atoms with E-state index >= 15 is 0 Å². The molecule has 1 rings (SSSR count). The standard InChI is InChI=1S/C6H9F2/c1-4(2)6(8)3-5(6)7/h4-5H,1,3H2,2H3. The van der Waals surface area contributed by atoms with Crippen molar-refractivity contribution in [3.8, 4) is 0 Å². The molecule has 47 valence electrons. The van der Waals surface area contributed by atoms with E-state index in [4.69, 9.17) is 0 Å². The molecule has 3 unspecified atom stereocenters. The normalized spacial score (nSPS) is 45.4. The molecule has 8 heavy (non-hydrogen) atoms. The summed E-state index contributed by atoms with van der Waals surface area (Å²) in [5.74, 6) is -0.405. The number of halogens is 2. The molecule has 1 fully saturated rings. The van der Waals surface area contributed by atoms with Crippen LogP contribution in [-0.2, 0) is 0 Å². The highest BCUT2D eigenvalue weighted by Crippen LogP contribution is 2.48. The van der Waals surface area contributed by atoms with E-state index in [0.717, 1.165) is 0 Å². The number of hydrogen-bond donors (Lipinski definition) is 0. The summed E-state index contributed by atoms with van der Waals surface area (Å²) >= 11 is 0. The van der Waals surface area contributed by atoms with Gasteiger partial charge in [0.25, 0.3) is 0 Å². The molecule has 0 spiro atoms. The van der Waals surface area contributed by atoms with Crippen LogP contribution in [0.4, 0.5) is 8.78 Å². The molecule has 0 nitrogen and oxygen atoms in total. The van der Waals surface area contributed by atoms with Gasteiger partial charge in [0.05, 0.1) is 0 Å². The lowest BCUT2D eigenvalue weighted by molar-refractivity contribution is 0.199. The summed E-state index contributed by atoms with van der Waals surface area (Å²) in [5, 5.41) is 0. The lowest BCUT2D eigenvalue weighted by Gasteiger charge is -2.06. The monoisotopic (exact) mass is 119 g/mol. The Morgan fingerprint density at radius 3 is 2.25 bits per heavy atom. The van der Waals surface area contributed by atoms with E-state index < -0.39 is 17.8 Å². The van der Waals surface area contributed by atoms with Crippen molar-refractivity contribution in [2.24, 2.45) is 5.92 Å². The highest BCUT2D eigenvalue weighted by molar-refractivity contribution is 5.08. The second-order valence-electron chi connectivity index (χ2n) is 2.50. The molecule has 1 aliphatic rings. The number of hydrogen-bond acceptors (Lipinski definition) is 0. The van der Waals surface area contributed by atoms with Crippen molar-refractivity contribution in [1.82, 2.24) is 0 Å². The van der Waals surface area contributed by atoms with Gasteiger partial charge in [-0.2, -0.15) is 0 Å². The molecule has 1 saturated carbocycles. The maximum atomic E-state index is 12.6. The van der Waals surface area contributed by atoms with Crippen molar-refractivity contribution in [3.63, 3.8) is 0 Å². The average Bonchev–Trinajstić information content (AvgIpc) is 2.17. The minimum Gasteiger partial charge on any atom is -0.244 e. The van der Waals surface area contributed by atoms with Crippen molar-refractivity contribution >= 4 is 0 Å². The molecule has 0 aromatic heterocycles. The van der Waals surface area contributed by atoms with Gasteiger partial charge in [-0.3, -0.25) is 0 Å². The Bertz CT molecular complexity index is 101. The molecule has 1 aliphatic carbocycles. The second kappa shape index (κ2) is 1.42. The fourth-order valence-electron chi connectivity index (χ4n) is 0.726. The van der Waals surface area contributed by atoms with E-state index in [1.54, 1.807) is 6.92 Å². The molecule has 2 heteroatoms. The van der Waals surface area contributed by atoms with Crippen LogP contribution in [0.25, 0.3) is 0 Å². The van der Waals surface area contributed by atoms with Crippen LogP contribution < -0.4 is 0 Å². The average molecular weight is 119 g/mol. The third-order valence-corrected chi connectivity index (χ3v) is 1.67. The predicted octanol–water partition coefficient (Wildman–Crippen LogP) is 1.91. The first-order valence-electron chi connectivity index (χ1n) is 2.73. The van der Waals surface area contributed by atoms with Gasteiger partial charge in [0.2, 0.25) is 0 Å². The maximum Gasteiger partial charge on any atom is 0.147 e. The Kier molecular flexibility index (Phi) is 1.07. The highest BCUT2D eigenvalue weighted by atomic mass is 19.2. The Balaban J connectivity index is 2.47. The molecular weight excluding hydrogens is 110 g/mol. The van der Waals surface area contributed by atoms with Gasteiger partial charge in [0.1, 0.15) is 11.8 Å². The first-order chi connectivity index (χ1) is 3.57. The maximum absolute atomic E-state index is 12.6. The van der Waals surface area contributed by atoms with Crippen LogP contribution in [0.1, 0.15) is 13.3 Å². The van der Waals surface area contributed by atoms with Crippen molar-refractivity contribution in [2.45, 2.75) is 25.2 Å². The highest BCUT2D eigenvalue weighted by Gasteiger charge is 2.58. The van der Waals surface area contributed by atoms with Gasteiger partial charge in [-0.05, 0) is 12.8 Å². The molecule has 0 N–H and O–H groups in total. The van der Waals surface area contributed by atoms with Gasteiger partial charge in [-0.25, -0.2) is 8.78 Å². The zero-order valence-corrected chi connectivity index (χ0v) is 4.82. The van der Waals surface area contributed by atoms with Crippen LogP contribution in [0.3, 0.4) is 0 Å². The summed E-state index contributed by atoms with van der Waals surface area (Å²) < 4.78 is 24.6. The Labute approximate surface area is 47.9 Å². The smallest absolute Gasteiger partial charge is 0.147 e. The molecule has 0 aliphatic heterocycles. The molecule has 3 atom stereocenters. The van der Waals surface area contributed by atoms with Gasteiger partial charge in [-0.1, -0.05) is 6.92 Å².